The summed E-state index contributed by atoms with van der Waals surface area (Å²) < 4.78 is 2.60. The van der Waals surface area contributed by atoms with Gasteiger partial charge in [-0.1, -0.05) is 200 Å². The molecule has 0 radical (unpaired) electrons. The molecule has 2 aliphatic carbocycles. The van der Waals surface area contributed by atoms with E-state index in [4.69, 9.17) is 15.0 Å². The monoisotopic (exact) mass is 805 g/mol. The Morgan fingerprint density at radius 2 is 0.726 bits per heavy atom. The lowest BCUT2D eigenvalue weighted by molar-refractivity contribution is 0.794. The third-order valence-corrected chi connectivity index (χ3v) is 14.2. The minimum Gasteiger partial charge on any atom is -0.208 e. The molecule has 62 heavy (non-hydrogen) atoms. The Kier molecular flexibility index (Phi) is 7.69. The van der Waals surface area contributed by atoms with Gasteiger partial charge in [0.05, 0.1) is 5.41 Å². The van der Waals surface area contributed by atoms with Crippen LogP contribution in [0.4, 0.5) is 0 Å². The number of benzene rings is 9. The van der Waals surface area contributed by atoms with Gasteiger partial charge in [0.2, 0.25) is 0 Å². The molecule has 0 unspecified atom stereocenters. The third-order valence-electron chi connectivity index (χ3n) is 13.0. The molecule has 0 amide bonds. The zero-order valence-corrected chi connectivity index (χ0v) is 34.3. The normalized spacial score (nSPS) is 13.0. The highest BCUT2D eigenvalue weighted by Crippen LogP contribution is 2.63. The Labute approximate surface area is 363 Å². The van der Waals surface area contributed by atoms with E-state index in [1.54, 1.807) is 0 Å². The number of hydrogen-bond donors (Lipinski definition) is 0. The second-order valence-corrected chi connectivity index (χ2v) is 17.3. The fraction of sp³-hybridized carbons (Fsp3) is 0.0172. The molecule has 0 fully saturated rings. The summed E-state index contributed by atoms with van der Waals surface area (Å²) >= 11 is 1.85. The molecule has 4 heteroatoms. The fourth-order valence-corrected chi connectivity index (χ4v) is 11.5. The highest BCUT2D eigenvalue weighted by atomic mass is 32.1. The first-order chi connectivity index (χ1) is 30.7. The Hall–Kier alpha value is -7.79. The maximum absolute atomic E-state index is 5.30. The summed E-state index contributed by atoms with van der Waals surface area (Å²) in [6.07, 6.45) is 0. The molecule has 0 N–H and O–H groups in total. The molecule has 2 aromatic heterocycles. The second-order valence-electron chi connectivity index (χ2n) is 16.3. The van der Waals surface area contributed by atoms with Crippen molar-refractivity contribution in [2.45, 2.75) is 5.41 Å². The first-order valence-electron chi connectivity index (χ1n) is 21.1. The number of aromatic nitrogens is 3. The molecular weight excluding hydrogens is 771 g/mol. The molecule has 1 spiro atoms. The van der Waals surface area contributed by atoms with Gasteiger partial charge in [0.25, 0.3) is 0 Å². The zero-order chi connectivity index (χ0) is 40.8. The van der Waals surface area contributed by atoms with Gasteiger partial charge in [-0.05, 0) is 78.9 Å². The number of thiophene rings is 1. The smallest absolute Gasteiger partial charge is 0.164 e. The Morgan fingerprint density at radius 1 is 0.290 bits per heavy atom. The van der Waals surface area contributed by atoms with Gasteiger partial charge in [0, 0.05) is 36.9 Å². The number of fused-ring (bicyclic) bond motifs is 13. The first kappa shape index (κ1) is 35.0. The van der Waals surface area contributed by atoms with Crippen molar-refractivity contribution >= 4 is 31.5 Å². The predicted octanol–water partition coefficient (Wildman–Crippen LogP) is 14.9. The van der Waals surface area contributed by atoms with Crippen LogP contribution >= 0.6 is 11.3 Å². The topological polar surface area (TPSA) is 38.7 Å². The lowest BCUT2D eigenvalue weighted by Crippen LogP contribution is -2.25. The van der Waals surface area contributed by atoms with E-state index in [2.05, 4.69) is 206 Å². The van der Waals surface area contributed by atoms with Crippen molar-refractivity contribution in [2.75, 3.05) is 0 Å². The van der Waals surface area contributed by atoms with Crippen LogP contribution in [0.1, 0.15) is 22.3 Å². The maximum Gasteiger partial charge on any atom is 0.164 e. The van der Waals surface area contributed by atoms with Gasteiger partial charge in [-0.15, -0.1) is 11.3 Å². The average Bonchev–Trinajstić information content (AvgIpc) is 3.98. The lowest BCUT2D eigenvalue weighted by Gasteiger charge is -2.30. The average molecular weight is 806 g/mol. The van der Waals surface area contributed by atoms with Crippen LogP contribution in [-0.4, -0.2) is 15.0 Å². The molecule has 13 rings (SSSR count). The van der Waals surface area contributed by atoms with E-state index in [1.165, 1.54) is 75.8 Å². The maximum atomic E-state index is 5.30. The molecule has 0 atom stereocenters. The Balaban J connectivity index is 0.978. The summed E-state index contributed by atoms with van der Waals surface area (Å²) in [6, 6.07) is 76.7. The van der Waals surface area contributed by atoms with E-state index in [9.17, 15) is 0 Å². The zero-order valence-electron chi connectivity index (χ0n) is 33.5. The summed E-state index contributed by atoms with van der Waals surface area (Å²) in [5.74, 6) is 1.92. The fourth-order valence-electron chi connectivity index (χ4n) is 10.2. The van der Waals surface area contributed by atoms with E-state index in [-0.39, 0.29) is 0 Å². The van der Waals surface area contributed by atoms with Crippen LogP contribution in [0.3, 0.4) is 0 Å². The molecule has 3 nitrogen and oxygen atoms in total. The first-order valence-corrected chi connectivity index (χ1v) is 21.9. The molecule has 11 aromatic rings. The SMILES string of the molecule is c1ccc(-c2ccc(-c3nc(-c4ccc(-c5cccc6c5sc5ccccc56)cc4)nc(-c4ccc5c(c4)C4(c6ccccc6-c6ccccc64)c4ccccc4-5)n3)cc2)cc1. The molecule has 0 saturated heterocycles. The van der Waals surface area contributed by atoms with Crippen LogP contribution in [0.5, 0.6) is 0 Å². The largest absolute Gasteiger partial charge is 0.208 e. The van der Waals surface area contributed by atoms with E-state index >= 15 is 0 Å². The highest BCUT2D eigenvalue weighted by Gasteiger charge is 2.51. The highest BCUT2D eigenvalue weighted by molar-refractivity contribution is 7.26. The van der Waals surface area contributed by atoms with Gasteiger partial charge < -0.3 is 0 Å². The standard InChI is InChI=1S/C58H35N3S/c1-2-13-36(14-3-1)37-25-29-39(30-26-37)55-59-56(40-31-27-38(28-32-40)42-19-12-20-48-47-18-7-11-24-53(47)62-54(42)48)61-57(60-55)41-33-34-46-45-17-6-10-23-51(45)58(52(46)35-41)49-21-8-4-15-43(49)44-16-5-9-22-50(44)58/h1-35H. The van der Waals surface area contributed by atoms with E-state index in [0.717, 1.165) is 27.8 Å². The van der Waals surface area contributed by atoms with Crippen LogP contribution in [0.25, 0.3) is 98.8 Å². The minimum atomic E-state index is -0.464. The summed E-state index contributed by atoms with van der Waals surface area (Å²) in [4.78, 5) is 15.8. The van der Waals surface area contributed by atoms with Crippen LogP contribution in [0, 0.1) is 0 Å². The van der Waals surface area contributed by atoms with Crippen molar-refractivity contribution in [1.29, 1.82) is 0 Å². The van der Waals surface area contributed by atoms with Crippen molar-refractivity contribution in [3.8, 4) is 78.7 Å². The van der Waals surface area contributed by atoms with E-state index in [0.29, 0.717) is 17.5 Å². The van der Waals surface area contributed by atoms with Crippen molar-refractivity contribution in [3.05, 3.63) is 235 Å². The van der Waals surface area contributed by atoms with Gasteiger partial charge in [-0.3, -0.25) is 0 Å². The molecule has 0 saturated carbocycles. The van der Waals surface area contributed by atoms with Crippen LogP contribution in [0.15, 0.2) is 212 Å². The Bertz CT molecular complexity index is 3500. The molecule has 288 valence electrons. The van der Waals surface area contributed by atoms with Crippen LogP contribution in [-0.2, 0) is 5.41 Å². The van der Waals surface area contributed by atoms with E-state index in [1.807, 2.05) is 17.4 Å². The molecule has 2 aliphatic rings. The van der Waals surface area contributed by atoms with Gasteiger partial charge in [-0.25, -0.2) is 15.0 Å². The van der Waals surface area contributed by atoms with Crippen molar-refractivity contribution in [1.82, 2.24) is 15.0 Å². The van der Waals surface area contributed by atoms with Crippen molar-refractivity contribution in [2.24, 2.45) is 0 Å². The summed E-state index contributed by atoms with van der Waals surface area (Å²) in [5.41, 5.74) is 17.3. The van der Waals surface area contributed by atoms with Crippen molar-refractivity contribution in [3.63, 3.8) is 0 Å². The van der Waals surface area contributed by atoms with Crippen LogP contribution in [0.2, 0.25) is 0 Å². The summed E-state index contributed by atoms with van der Waals surface area (Å²) in [6.45, 7) is 0. The van der Waals surface area contributed by atoms with Gasteiger partial charge in [0.15, 0.2) is 17.5 Å². The van der Waals surface area contributed by atoms with Crippen LogP contribution < -0.4 is 0 Å². The van der Waals surface area contributed by atoms with E-state index < -0.39 is 5.41 Å². The molecule has 0 aliphatic heterocycles. The lowest BCUT2D eigenvalue weighted by atomic mass is 9.70. The molecule has 0 bridgehead atoms. The molecule has 2 heterocycles. The van der Waals surface area contributed by atoms with Gasteiger partial charge >= 0.3 is 0 Å². The molecular formula is C58H35N3S. The number of nitrogens with zero attached hydrogens (tertiary/aromatic N) is 3. The number of hydrogen-bond acceptors (Lipinski definition) is 4. The van der Waals surface area contributed by atoms with Crippen molar-refractivity contribution < 1.29 is 0 Å². The number of rotatable bonds is 5. The summed E-state index contributed by atoms with van der Waals surface area (Å²) in [5, 5.41) is 2.59. The van der Waals surface area contributed by atoms with Gasteiger partial charge in [-0.2, -0.15) is 0 Å². The summed E-state index contributed by atoms with van der Waals surface area (Å²) in [7, 11) is 0. The third kappa shape index (κ3) is 5.14. The molecule has 9 aromatic carbocycles. The Morgan fingerprint density at radius 3 is 1.35 bits per heavy atom. The minimum absolute atomic E-state index is 0.464. The predicted molar refractivity (Wildman–Crippen MR) is 256 cm³/mol. The quantitative estimate of drug-likeness (QED) is 0.174. The second kappa shape index (κ2) is 13.6. The van der Waals surface area contributed by atoms with Gasteiger partial charge in [0.1, 0.15) is 0 Å².